The summed E-state index contributed by atoms with van der Waals surface area (Å²) in [7, 11) is 0. The summed E-state index contributed by atoms with van der Waals surface area (Å²) < 4.78 is 15.2. The van der Waals surface area contributed by atoms with Gasteiger partial charge in [0.15, 0.2) is 0 Å². The number of hydrogen-bond acceptors (Lipinski definition) is 0. The lowest BCUT2D eigenvalue weighted by molar-refractivity contribution is 0.636. The Morgan fingerprint density at radius 3 is 1.91 bits per heavy atom. The molecule has 1 heteroatoms. The van der Waals surface area contributed by atoms with Gasteiger partial charge in [-0.2, -0.15) is 0 Å². The topological polar surface area (TPSA) is 0 Å². The lowest BCUT2D eigenvalue weighted by Gasteiger charge is -2.07. The summed E-state index contributed by atoms with van der Waals surface area (Å²) in [5.74, 6) is 5.94. The quantitative estimate of drug-likeness (QED) is 0.172. The van der Waals surface area contributed by atoms with Gasteiger partial charge in [0.1, 0.15) is 5.82 Å². The van der Waals surface area contributed by atoms with Gasteiger partial charge in [-0.05, 0) is 77.9 Å². The van der Waals surface area contributed by atoms with Crippen molar-refractivity contribution in [1.29, 1.82) is 0 Å². The predicted octanol–water partition coefficient (Wildman–Crippen LogP) is 8.85. The first kappa shape index (κ1) is 24.7. The van der Waals surface area contributed by atoms with Gasteiger partial charge in [0, 0.05) is 10.9 Å². The third-order valence-corrected chi connectivity index (χ3v) is 6.65. The Balaban J connectivity index is 1.43. The average Bonchev–Trinajstić information content (AvgIpc) is 2.89. The van der Waals surface area contributed by atoms with Crippen LogP contribution in [0.5, 0.6) is 0 Å². The van der Waals surface area contributed by atoms with Crippen molar-refractivity contribution in [1.82, 2.24) is 0 Å². The van der Waals surface area contributed by atoms with Crippen LogP contribution in [0.2, 0.25) is 0 Å². The third-order valence-electron chi connectivity index (χ3n) is 6.65. The van der Waals surface area contributed by atoms with Crippen molar-refractivity contribution in [2.24, 2.45) is 0 Å². The molecule has 0 aromatic heterocycles. The van der Waals surface area contributed by atoms with E-state index in [1.807, 2.05) is 30.3 Å². The number of hydrogen-bond donors (Lipinski definition) is 0. The Labute approximate surface area is 210 Å². The number of fused-ring (bicyclic) bond motifs is 1. The largest absolute Gasteiger partial charge is 0.205 e. The molecule has 4 aromatic carbocycles. The number of rotatable bonds is 9. The number of unbranched alkanes of at least 4 members (excludes halogenated alkanes) is 2. The monoisotopic (exact) mass is 462 g/mol. The molecule has 4 rings (SSSR count). The van der Waals surface area contributed by atoms with Crippen molar-refractivity contribution in [3.8, 4) is 11.8 Å². The number of halogens is 1. The van der Waals surface area contributed by atoms with E-state index in [4.69, 9.17) is 0 Å². The minimum Gasteiger partial charge on any atom is -0.205 e. The molecule has 178 valence electrons. The molecule has 0 aliphatic heterocycles. The number of benzene rings is 4. The molecule has 0 atom stereocenters. The molecular formula is C34H35F. The molecule has 4 aromatic rings. The van der Waals surface area contributed by atoms with Crippen molar-refractivity contribution in [3.05, 3.63) is 118 Å². The Bertz CT molecular complexity index is 1300. The third kappa shape index (κ3) is 6.83. The maximum absolute atomic E-state index is 15.2. The molecule has 0 saturated carbocycles. The van der Waals surface area contributed by atoms with Gasteiger partial charge in [0.25, 0.3) is 0 Å². The van der Waals surface area contributed by atoms with E-state index in [-0.39, 0.29) is 5.82 Å². The Morgan fingerprint density at radius 2 is 1.20 bits per heavy atom. The molecule has 0 fully saturated rings. The lowest BCUT2D eigenvalue weighted by Crippen LogP contribution is -1.94. The molecule has 0 radical (unpaired) electrons. The van der Waals surface area contributed by atoms with Gasteiger partial charge in [0.2, 0.25) is 0 Å². The molecular weight excluding hydrogens is 427 g/mol. The molecule has 0 bridgehead atoms. The Morgan fingerprint density at radius 1 is 0.571 bits per heavy atom. The first-order chi connectivity index (χ1) is 17.2. The van der Waals surface area contributed by atoms with Crippen LogP contribution in [0.1, 0.15) is 72.9 Å². The van der Waals surface area contributed by atoms with Crippen LogP contribution in [-0.2, 0) is 25.7 Å². The van der Waals surface area contributed by atoms with E-state index in [0.29, 0.717) is 10.9 Å². The molecule has 0 aliphatic rings. The van der Waals surface area contributed by atoms with Gasteiger partial charge in [-0.25, -0.2) is 4.39 Å². The van der Waals surface area contributed by atoms with E-state index >= 15 is 4.39 Å². The van der Waals surface area contributed by atoms with Crippen LogP contribution in [0, 0.1) is 17.7 Å². The second-order valence-electron chi connectivity index (χ2n) is 9.45. The van der Waals surface area contributed by atoms with E-state index in [1.54, 1.807) is 6.07 Å². The van der Waals surface area contributed by atoms with Crippen molar-refractivity contribution in [3.63, 3.8) is 0 Å². The highest BCUT2D eigenvalue weighted by Gasteiger charge is 2.07. The normalized spacial score (nSPS) is 10.8. The van der Waals surface area contributed by atoms with Crippen molar-refractivity contribution >= 4 is 10.8 Å². The van der Waals surface area contributed by atoms with Gasteiger partial charge in [0.05, 0.1) is 5.56 Å². The molecule has 0 amide bonds. The van der Waals surface area contributed by atoms with Crippen molar-refractivity contribution in [2.75, 3.05) is 0 Å². The summed E-state index contributed by atoms with van der Waals surface area (Å²) in [6.45, 7) is 4.43. The molecule has 0 N–H and O–H groups in total. The van der Waals surface area contributed by atoms with E-state index < -0.39 is 0 Å². The summed E-state index contributed by atoms with van der Waals surface area (Å²) in [5, 5.41) is 1.57. The second kappa shape index (κ2) is 12.4. The molecule has 0 saturated heterocycles. The molecule has 0 nitrogen and oxygen atoms in total. The van der Waals surface area contributed by atoms with E-state index in [1.165, 1.54) is 47.9 Å². The zero-order valence-electron chi connectivity index (χ0n) is 21.0. The molecule has 0 spiro atoms. The summed E-state index contributed by atoms with van der Waals surface area (Å²) >= 11 is 0. The molecule has 0 aliphatic carbocycles. The Hall–Kier alpha value is -3.37. The summed E-state index contributed by atoms with van der Waals surface area (Å²) in [5.41, 5.74) is 6.68. The highest BCUT2D eigenvalue weighted by atomic mass is 19.1. The standard InChI is InChI=1S/C34H35F/c1-3-5-6-8-27-11-15-29(16-12-27)19-21-31-22-23-32-25-30(20-24-33(32)34(31)35)18-17-28-13-9-26(7-4-2)10-14-28/h9-16,20,22-25H,3-8,17-18H2,1-2H3. The van der Waals surface area contributed by atoms with Crippen LogP contribution in [0.3, 0.4) is 0 Å². The fourth-order valence-electron chi connectivity index (χ4n) is 4.52. The smallest absolute Gasteiger partial charge is 0.146 e. The maximum Gasteiger partial charge on any atom is 0.146 e. The first-order valence-corrected chi connectivity index (χ1v) is 13.1. The van der Waals surface area contributed by atoms with Crippen LogP contribution < -0.4 is 0 Å². The van der Waals surface area contributed by atoms with Crippen LogP contribution >= 0.6 is 0 Å². The van der Waals surface area contributed by atoms with Crippen LogP contribution in [0.25, 0.3) is 10.8 Å². The van der Waals surface area contributed by atoms with Gasteiger partial charge >= 0.3 is 0 Å². The molecule has 35 heavy (non-hydrogen) atoms. The van der Waals surface area contributed by atoms with Crippen LogP contribution in [0.4, 0.5) is 4.39 Å². The van der Waals surface area contributed by atoms with E-state index in [2.05, 4.69) is 68.2 Å². The zero-order valence-corrected chi connectivity index (χ0v) is 21.0. The fourth-order valence-corrected chi connectivity index (χ4v) is 4.52. The van der Waals surface area contributed by atoms with Gasteiger partial charge in [-0.15, -0.1) is 0 Å². The summed E-state index contributed by atoms with van der Waals surface area (Å²) in [6.07, 6.45) is 9.06. The minimum absolute atomic E-state index is 0.232. The van der Waals surface area contributed by atoms with E-state index in [9.17, 15) is 0 Å². The number of aryl methyl sites for hydroxylation is 4. The predicted molar refractivity (Wildman–Crippen MR) is 147 cm³/mol. The fraction of sp³-hybridized carbons (Fsp3) is 0.294. The highest BCUT2D eigenvalue weighted by Crippen LogP contribution is 2.23. The van der Waals surface area contributed by atoms with Crippen molar-refractivity contribution in [2.45, 2.75) is 65.2 Å². The SMILES string of the molecule is CCCCCc1ccc(C#Cc2ccc3cc(CCc4ccc(CCC)cc4)ccc3c2F)cc1. The minimum atomic E-state index is -0.232. The van der Waals surface area contributed by atoms with Gasteiger partial charge in [-0.3, -0.25) is 0 Å². The van der Waals surface area contributed by atoms with Gasteiger partial charge < -0.3 is 0 Å². The molecule has 0 unspecified atom stereocenters. The first-order valence-electron chi connectivity index (χ1n) is 13.1. The van der Waals surface area contributed by atoms with Crippen molar-refractivity contribution < 1.29 is 4.39 Å². The summed E-state index contributed by atoms with van der Waals surface area (Å²) in [4.78, 5) is 0. The average molecular weight is 463 g/mol. The highest BCUT2D eigenvalue weighted by molar-refractivity contribution is 5.85. The Kier molecular flexibility index (Phi) is 8.74. The van der Waals surface area contributed by atoms with Crippen LogP contribution in [-0.4, -0.2) is 0 Å². The molecule has 0 heterocycles. The van der Waals surface area contributed by atoms with E-state index in [0.717, 1.165) is 36.6 Å². The summed E-state index contributed by atoms with van der Waals surface area (Å²) in [6, 6.07) is 27.1. The van der Waals surface area contributed by atoms with Crippen LogP contribution in [0.15, 0.2) is 78.9 Å². The lowest BCUT2D eigenvalue weighted by atomic mass is 9.98. The second-order valence-corrected chi connectivity index (χ2v) is 9.45. The van der Waals surface area contributed by atoms with Gasteiger partial charge in [-0.1, -0.05) is 106 Å². The maximum atomic E-state index is 15.2. The zero-order chi connectivity index (χ0) is 24.5.